The molecule has 0 saturated heterocycles. The van der Waals surface area contributed by atoms with Crippen molar-refractivity contribution in [3.05, 3.63) is 44.3 Å². The molecule has 0 aliphatic heterocycles. The van der Waals surface area contributed by atoms with E-state index < -0.39 is 30.0 Å². The van der Waals surface area contributed by atoms with E-state index in [1.807, 2.05) is 0 Å². The third-order valence-electron chi connectivity index (χ3n) is 3.37. The molecular formula is C14H12Br2O6S2. The predicted molar refractivity (Wildman–Crippen MR) is 96.4 cm³/mol. The summed E-state index contributed by atoms with van der Waals surface area (Å²) >= 11 is 6.36. The Morgan fingerprint density at radius 3 is 1.25 bits per heavy atom. The highest BCUT2D eigenvalue weighted by atomic mass is 79.9. The van der Waals surface area contributed by atoms with Gasteiger partial charge in [0.05, 0.1) is 0 Å². The Hall–Kier alpha value is -0.780. The summed E-state index contributed by atoms with van der Waals surface area (Å²) in [5.41, 5.74) is 1.20. The molecule has 0 aliphatic carbocycles. The van der Waals surface area contributed by atoms with Gasteiger partial charge in [-0.3, -0.25) is 9.11 Å². The molecule has 0 saturated carbocycles. The summed E-state index contributed by atoms with van der Waals surface area (Å²) in [5.74, 6) is 0. The smallest absolute Gasteiger partial charge is 0.282 e. The van der Waals surface area contributed by atoms with Crippen LogP contribution in [-0.2, 0) is 20.2 Å². The predicted octanol–water partition coefficient (Wildman–Crippen LogP) is 3.99. The third kappa shape index (κ3) is 3.89. The molecule has 0 unspecified atom stereocenters. The van der Waals surface area contributed by atoms with Crippen LogP contribution in [0.15, 0.2) is 43.0 Å². The normalized spacial score (nSPS) is 12.4. The quantitative estimate of drug-likeness (QED) is 0.618. The molecule has 130 valence electrons. The van der Waals surface area contributed by atoms with Gasteiger partial charge in [0, 0.05) is 20.1 Å². The highest BCUT2D eigenvalue weighted by Gasteiger charge is 2.25. The Balaban J connectivity index is 3.02. The largest absolute Gasteiger partial charge is 0.295 e. The molecule has 2 aromatic rings. The van der Waals surface area contributed by atoms with E-state index in [1.54, 1.807) is 13.8 Å². The second-order valence-corrected chi connectivity index (χ2v) is 9.63. The van der Waals surface area contributed by atoms with E-state index in [-0.39, 0.29) is 11.1 Å². The van der Waals surface area contributed by atoms with Crippen molar-refractivity contribution in [1.29, 1.82) is 0 Å². The highest BCUT2D eigenvalue weighted by molar-refractivity contribution is 9.10. The Morgan fingerprint density at radius 2 is 1.00 bits per heavy atom. The summed E-state index contributed by atoms with van der Waals surface area (Å²) in [7, 11) is -9.25. The molecule has 0 aromatic heterocycles. The van der Waals surface area contributed by atoms with Gasteiger partial charge in [-0.25, -0.2) is 0 Å². The first kappa shape index (κ1) is 19.5. The summed E-state index contributed by atoms with van der Waals surface area (Å²) in [6.45, 7) is 3.36. The molecule has 6 nitrogen and oxygen atoms in total. The van der Waals surface area contributed by atoms with Gasteiger partial charge < -0.3 is 0 Å². The van der Waals surface area contributed by atoms with Gasteiger partial charge in [0.25, 0.3) is 20.2 Å². The lowest BCUT2D eigenvalue weighted by Gasteiger charge is -2.15. The molecule has 0 aliphatic rings. The molecule has 0 fully saturated rings. The van der Waals surface area contributed by atoms with Gasteiger partial charge >= 0.3 is 0 Å². The van der Waals surface area contributed by atoms with Gasteiger partial charge in [-0.1, -0.05) is 31.9 Å². The zero-order chi connectivity index (χ0) is 18.4. The van der Waals surface area contributed by atoms with Crippen molar-refractivity contribution in [2.75, 3.05) is 0 Å². The lowest BCUT2D eigenvalue weighted by Crippen LogP contribution is -2.06. The molecule has 0 spiro atoms. The van der Waals surface area contributed by atoms with Gasteiger partial charge in [0.15, 0.2) is 0 Å². The molecule has 24 heavy (non-hydrogen) atoms. The number of rotatable bonds is 3. The summed E-state index contributed by atoms with van der Waals surface area (Å²) in [6, 6.07) is 5.21. The summed E-state index contributed by atoms with van der Waals surface area (Å²) in [4.78, 5) is -0.932. The third-order valence-corrected chi connectivity index (χ3v) is 6.86. The zero-order valence-corrected chi connectivity index (χ0v) is 17.2. The van der Waals surface area contributed by atoms with E-state index in [9.17, 15) is 25.9 Å². The van der Waals surface area contributed by atoms with Crippen molar-refractivity contribution in [1.82, 2.24) is 0 Å². The second kappa shape index (κ2) is 6.50. The van der Waals surface area contributed by atoms with Crippen molar-refractivity contribution in [2.24, 2.45) is 0 Å². The Morgan fingerprint density at radius 1 is 0.708 bits per heavy atom. The second-order valence-electron chi connectivity index (χ2n) is 5.15. The topological polar surface area (TPSA) is 109 Å². The molecule has 2 aromatic carbocycles. The minimum atomic E-state index is -4.62. The fourth-order valence-electron chi connectivity index (χ4n) is 2.17. The average molecular weight is 500 g/mol. The maximum Gasteiger partial charge on any atom is 0.295 e. The van der Waals surface area contributed by atoms with Crippen molar-refractivity contribution < 1.29 is 25.9 Å². The molecule has 0 bridgehead atoms. The van der Waals surface area contributed by atoms with Crippen LogP contribution in [0.5, 0.6) is 0 Å². The molecule has 2 rings (SSSR count). The van der Waals surface area contributed by atoms with Crippen LogP contribution in [0.1, 0.15) is 11.1 Å². The van der Waals surface area contributed by atoms with Gasteiger partial charge in [-0.2, -0.15) is 16.8 Å². The Kier molecular flexibility index (Phi) is 5.30. The van der Waals surface area contributed by atoms with Crippen LogP contribution in [0.4, 0.5) is 0 Å². The van der Waals surface area contributed by atoms with Gasteiger partial charge in [0.1, 0.15) is 9.79 Å². The van der Waals surface area contributed by atoms with Crippen LogP contribution >= 0.6 is 31.9 Å². The zero-order valence-electron chi connectivity index (χ0n) is 12.4. The molecular weight excluding hydrogens is 488 g/mol. The summed E-state index contributed by atoms with van der Waals surface area (Å²) in [6.07, 6.45) is 0. The minimum absolute atomic E-state index is 0.0265. The Labute approximate surface area is 156 Å². The minimum Gasteiger partial charge on any atom is -0.282 e. The van der Waals surface area contributed by atoms with Gasteiger partial charge in [-0.05, 0) is 49.2 Å². The van der Waals surface area contributed by atoms with E-state index in [1.165, 1.54) is 24.3 Å². The van der Waals surface area contributed by atoms with Crippen LogP contribution in [0.3, 0.4) is 0 Å². The molecule has 0 amide bonds. The number of aryl methyl sites for hydroxylation is 2. The average Bonchev–Trinajstić information content (AvgIpc) is 2.41. The van der Waals surface area contributed by atoms with E-state index in [0.717, 1.165) is 0 Å². The van der Waals surface area contributed by atoms with E-state index in [0.29, 0.717) is 20.1 Å². The van der Waals surface area contributed by atoms with Gasteiger partial charge in [0.2, 0.25) is 0 Å². The van der Waals surface area contributed by atoms with Crippen molar-refractivity contribution in [3.63, 3.8) is 0 Å². The lowest BCUT2D eigenvalue weighted by molar-refractivity contribution is 0.480. The number of hydrogen-bond acceptors (Lipinski definition) is 4. The van der Waals surface area contributed by atoms with E-state index >= 15 is 0 Å². The van der Waals surface area contributed by atoms with Crippen LogP contribution < -0.4 is 0 Å². The molecule has 2 N–H and O–H groups in total. The monoisotopic (exact) mass is 498 g/mol. The highest BCUT2D eigenvalue weighted by Crippen LogP contribution is 2.38. The molecule has 0 atom stereocenters. The van der Waals surface area contributed by atoms with Crippen LogP contribution in [-0.4, -0.2) is 25.9 Å². The first-order chi connectivity index (χ1) is 10.8. The van der Waals surface area contributed by atoms with Crippen LogP contribution in [0.25, 0.3) is 11.1 Å². The number of benzene rings is 2. The first-order valence-corrected chi connectivity index (χ1v) is 10.8. The number of hydrogen-bond donors (Lipinski definition) is 2. The van der Waals surface area contributed by atoms with Crippen molar-refractivity contribution >= 4 is 52.1 Å². The summed E-state index contributed by atoms with van der Waals surface area (Å²) in [5, 5.41) is 0. The lowest BCUT2D eigenvalue weighted by atomic mass is 10.0. The van der Waals surface area contributed by atoms with Crippen molar-refractivity contribution in [2.45, 2.75) is 23.6 Å². The van der Waals surface area contributed by atoms with Crippen LogP contribution in [0, 0.1) is 13.8 Å². The van der Waals surface area contributed by atoms with E-state index in [2.05, 4.69) is 31.9 Å². The first-order valence-electron chi connectivity index (χ1n) is 6.38. The van der Waals surface area contributed by atoms with Gasteiger partial charge in [-0.15, -0.1) is 0 Å². The number of halogens is 2. The maximum absolute atomic E-state index is 11.7. The van der Waals surface area contributed by atoms with Crippen LogP contribution in [0.2, 0.25) is 0 Å². The Bertz CT molecular complexity index is 958. The van der Waals surface area contributed by atoms with E-state index in [4.69, 9.17) is 0 Å². The standard InChI is InChI=1S/C14H12Br2O6S2/c1-7-3-9(13(5-11(7)15)23(17,18)19)10-4-8(2)12(16)6-14(10)24(20,21)22/h3-6H,1-2H3,(H,17,18,19)(H,20,21,22). The summed E-state index contributed by atoms with van der Waals surface area (Å²) < 4.78 is 66.7. The van der Waals surface area contributed by atoms with Crippen molar-refractivity contribution in [3.8, 4) is 11.1 Å². The molecule has 10 heteroatoms. The fraction of sp³-hybridized carbons (Fsp3) is 0.143. The molecule has 0 radical (unpaired) electrons. The fourth-order valence-corrected chi connectivity index (χ4v) is 4.59. The maximum atomic E-state index is 11.7. The SMILES string of the molecule is Cc1cc(-c2cc(C)c(Br)cc2S(=O)(=O)O)c(S(=O)(=O)O)cc1Br. The molecule has 0 heterocycles.